The Morgan fingerprint density at radius 1 is 1.09 bits per heavy atom. The number of carbonyl (C=O) groups is 1. The fourth-order valence-electron chi connectivity index (χ4n) is 4.96. The zero-order valence-corrected chi connectivity index (χ0v) is 18.4. The fourth-order valence-corrected chi connectivity index (χ4v) is 4.96. The Balaban J connectivity index is 1.34. The van der Waals surface area contributed by atoms with Gasteiger partial charge in [-0.1, -0.05) is 24.3 Å². The Labute approximate surface area is 187 Å². The molecule has 1 aliphatic heterocycles. The maximum Gasteiger partial charge on any atom is 0.321 e. The van der Waals surface area contributed by atoms with E-state index in [1.54, 1.807) is 7.11 Å². The standard InChI is InChI=1S/C25H27N5O2/c1-26-23-27-16-17-15-25(21-6-4-3-5-20(21)22(17)29-23)11-13-30(14-12-25)24(31)28-18-7-9-19(32-2)10-8-18/h3-10,16H,11-15H2,1-2H3,(H,28,31)(H,26,27,29). The Kier molecular flexibility index (Phi) is 5.17. The second-order valence-electron chi connectivity index (χ2n) is 8.47. The number of hydrogen-bond donors (Lipinski definition) is 2. The number of piperidine rings is 1. The predicted octanol–water partition coefficient (Wildman–Crippen LogP) is 4.32. The number of urea groups is 1. The van der Waals surface area contributed by atoms with E-state index >= 15 is 0 Å². The lowest BCUT2D eigenvalue weighted by Gasteiger charge is -2.45. The number of hydrogen-bond acceptors (Lipinski definition) is 5. The van der Waals surface area contributed by atoms with Crippen molar-refractivity contribution in [3.05, 3.63) is 65.9 Å². The largest absolute Gasteiger partial charge is 0.497 e. The van der Waals surface area contributed by atoms with Gasteiger partial charge in [-0.15, -0.1) is 0 Å². The summed E-state index contributed by atoms with van der Waals surface area (Å²) in [6.45, 7) is 1.42. The summed E-state index contributed by atoms with van der Waals surface area (Å²) in [6, 6.07) is 15.9. The van der Waals surface area contributed by atoms with E-state index in [-0.39, 0.29) is 11.4 Å². The third kappa shape index (κ3) is 3.53. The number of fused-ring (bicyclic) bond motifs is 4. The molecule has 2 heterocycles. The third-order valence-electron chi connectivity index (χ3n) is 6.72. The molecular formula is C25H27N5O2. The highest BCUT2D eigenvalue weighted by molar-refractivity contribution is 5.89. The summed E-state index contributed by atoms with van der Waals surface area (Å²) in [5.41, 5.74) is 5.49. The molecule has 0 saturated carbocycles. The number of ether oxygens (including phenoxy) is 1. The number of benzene rings is 2. The Morgan fingerprint density at radius 2 is 1.84 bits per heavy atom. The van der Waals surface area contributed by atoms with Crippen molar-refractivity contribution >= 4 is 17.7 Å². The van der Waals surface area contributed by atoms with E-state index in [1.807, 2.05) is 42.4 Å². The summed E-state index contributed by atoms with van der Waals surface area (Å²) < 4.78 is 5.19. The second-order valence-corrected chi connectivity index (χ2v) is 8.47. The van der Waals surface area contributed by atoms with Crippen molar-refractivity contribution in [3.8, 4) is 17.0 Å². The number of rotatable bonds is 3. The summed E-state index contributed by atoms with van der Waals surface area (Å²) in [7, 11) is 3.47. The minimum Gasteiger partial charge on any atom is -0.497 e. The van der Waals surface area contributed by atoms with Crippen molar-refractivity contribution in [3.63, 3.8) is 0 Å². The first-order chi connectivity index (χ1) is 15.6. The first kappa shape index (κ1) is 20.3. The molecule has 7 nitrogen and oxygen atoms in total. The number of nitrogens with zero attached hydrogens (tertiary/aromatic N) is 3. The van der Waals surface area contributed by atoms with Gasteiger partial charge >= 0.3 is 6.03 Å². The van der Waals surface area contributed by atoms with Crippen LogP contribution in [0.3, 0.4) is 0 Å². The van der Waals surface area contributed by atoms with Gasteiger partial charge in [-0.3, -0.25) is 0 Å². The fraction of sp³-hybridized carbons (Fsp3) is 0.320. The number of amides is 2. The van der Waals surface area contributed by atoms with E-state index in [0.717, 1.165) is 36.4 Å². The van der Waals surface area contributed by atoms with Crippen LogP contribution in [0.5, 0.6) is 5.75 Å². The summed E-state index contributed by atoms with van der Waals surface area (Å²) in [4.78, 5) is 24.0. The molecule has 2 aromatic carbocycles. The molecule has 1 aliphatic carbocycles. The molecule has 0 unspecified atom stereocenters. The van der Waals surface area contributed by atoms with Crippen LogP contribution in [-0.2, 0) is 11.8 Å². The van der Waals surface area contributed by atoms with E-state index in [1.165, 1.54) is 16.7 Å². The van der Waals surface area contributed by atoms with Crippen LogP contribution in [0, 0.1) is 0 Å². The predicted molar refractivity (Wildman–Crippen MR) is 125 cm³/mol. The molecule has 5 rings (SSSR count). The van der Waals surface area contributed by atoms with Gasteiger partial charge in [0, 0.05) is 43.0 Å². The third-order valence-corrected chi connectivity index (χ3v) is 6.72. The molecule has 1 saturated heterocycles. The lowest BCUT2D eigenvalue weighted by atomic mass is 9.64. The van der Waals surface area contributed by atoms with Crippen LogP contribution in [0.25, 0.3) is 11.3 Å². The molecule has 32 heavy (non-hydrogen) atoms. The Morgan fingerprint density at radius 3 is 2.56 bits per heavy atom. The number of carbonyl (C=O) groups excluding carboxylic acids is 1. The van der Waals surface area contributed by atoms with Crippen molar-refractivity contribution in [1.82, 2.24) is 14.9 Å². The molecule has 2 aliphatic rings. The monoisotopic (exact) mass is 429 g/mol. The van der Waals surface area contributed by atoms with E-state index < -0.39 is 0 Å². The van der Waals surface area contributed by atoms with Gasteiger partial charge in [-0.2, -0.15) is 0 Å². The normalized spacial score (nSPS) is 16.1. The van der Waals surface area contributed by atoms with Gasteiger partial charge in [-0.05, 0) is 54.7 Å². The van der Waals surface area contributed by atoms with Crippen molar-refractivity contribution in [2.45, 2.75) is 24.7 Å². The molecule has 1 spiro atoms. The van der Waals surface area contributed by atoms with Crippen LogP contribution in [0.15, 0.2) is 54.7 Å². The molecule has 0 atom stereocenters. The maximum atomic E-state index is 12.9. The number of methoxy groups -OCH3 is 1. The molecule has 1 fully saturated rings. The summed E-state index contributed by atoms with van der Waals surface area (Å²) in [6.07, 6.45) is 4.67. The van der Waals surface area contributed by atoms with Crippen LogP contribution in [0.1, 0.15) is 24.0 Å². The summed E-state index contributed by atoms with van der Waals surface area (Å²) in [5.74, 6) is 1.41. The van der Waals surface area contributed by atoms with Gasteiger partial charge in [0.1, 0.15) is 5.75 Å². The van der Waals surface area contributed by atoms with Crippen molar-refractivity contribution < 1.29 is 9.53 Å². The van der Waals surface area contributed by atoms with Crippen LogP contribution in [0.2, 0.25) is 0 Å². The maximum absolute atomic E-state index is 12.9. The first-order valence-electron chi connectivity index (χ1n) is 11.0. The van der Waals surface area contributed by atoms with Gasteiger partial charge in [0.15, 0.2) is 0 Å². The van der Waals surface area contributed by atoms with E-state index in [2.05, 4.69) is 39.9 Å². The average molecular weight is 430 g/mol. The molecule has 7 heteroatoms. The highest BCUT2D eigenvalue weighted by Gasteiger charge is 2.42. The number of anilines is 2. The smallest absolute Gasteiger partial charge is 0.321 e. The van der Waals surface area contributed by atoms with E-state index in [9.17, 15) is 4.79 Å². The van der Waals surface area contributed by atoms with Crippen LogP contribution >= 0.6 is 0 Å². The molecule has 2 N–H and O–H groups in total. The van der Waals surface area contributed by atoms with Crippen molar-refractivity contribution in [2.24, 2.45) is 0 Å². The lowest BCUT2D eigenvalue weighted by Crippen LogP contribution is -2.48. The second kappa shape index (κ2) is 8.15. The lowest BCUT2D eigenvalue weighted by molar-refractivity contribution is 0.166. The van der Waals surface area contributed by atoms with E-state index in [0.29, 0.717) is 19.0 Å². The van der Waals surface area contributed by atoms with Gasteiger partial charge in [-0.25, -0.2) is 14.8 Å². The van der Waals surface area contributed by atoms with Gasteiger partial charge in [0.25, 0.3) is 0 Å². The average Bonchev–Trinajstić information content (AvgIpc) is 2.85. The van der Waals surface area contributed by atoms with Gasteiger partial charge < -0.3 is 20.3 Å². The molecule has 2 amide bonds. The summed E-state index contributed by atoms with van der Waals surface area (Å²) in [5, 5.41) is 6.05. The molecular weight excluding hydrogens is 402 g/mol. The minimum atomic E-state index is -0.0588. The quantitative estimate of drug-likeness (QED) is 0.648. The van der Waals surface area contributed by atoms with Crippen LogP contribution in [-0.4, -0.2) is 48.1 Å². The van der Waals surface area contributed by atoms with Crippen molar-refractivity contribution in [2.75, 3.05) is 37.9 Å². The number of nitrogens with one attached hydrogen (secondary N) is 2. The van der Waals surface area contributed by atoms with Crippen LogP contribution in [0.4, 0.5) is 16.4 Å². The highest BCUT2D eigenvalue weighted by atomic mass is 16.5. The number of likely N-dealkylation sites (tertiary alicyclic amines) is 1. The van der Waals surface area contributed by atoms with Gasteiger partial charge in [0.2, 0.25) is 5.95 Å². The zero-order valence-electron chi connectivity index (χ0n) is 18.4. The Hall–Kier alpha value is -3.61. The molecule has 1 aromatic heterocycles. The minimum absolute atomic E-state index is 0.00497. The molecule has 0 bridgehead atoms. The highest BCUT2D eigenvalue weighted by Crippen LogP contribution is 2.47. The molecule has 3 aromatic rings. The topological polar surface area (TPSA) is 79.4 Å². The SMILES string of the molecule is CNc1ncc2c(n1)-c1ccccc1C1(CCN(C(=O)Nc3ccc(OC)cc3)CC1)C2. The number of aromatic nitrogens is 2. The van der Waals surface area contributed by atoms with E-state index in [4.69, 9.17) is 9.72 Å². The Bertz CT molecular complexity index is 1140. The molecule has 0 radical (unpaired) electrons. The summed E-state index contributed by atoms with van der Waals surface area (Å²) >= 11 is 0. The van der Waals surface area contributed by atoms with Crippen LogP contribution < -0.4 is 15.4 Å². The molecule has 164 valence electrons. The first-order valence-corrected chi connectivity index (χ1v) is 11.0. The van der Waals surface area contributed by atoms with Gasteiger partial charge in [0.05, 0.1) is 12.8 Å². The van der Waals surface area contributed by atoms with Crippen molar-refractivity contribution in [1.29, 1.82) is 0 Å². The zero-order chi connectivity index (χ0) is 22.1.